The highest BCUT2D eigenvalue weighted by Gasteiger charge is 2.24. The summed E-state index contributed by atoms with van der Waals surface area (Å²) in [7, 11) is 0. The molecule has 2 amide bonds. The van der Waals surface area contributed by atoms with Gasteiger partial charge in [0.2, 0.25) is 5.91 Å². The topological polar surface area (TPSA) is 54.3 Å². The van der Waals surface area contributed by atoms with Gasteiger partial charge in [-0.2, -0.15) is 0 Å². The number of likely N-dealkylation sites (tertiary alicyclic amines) is 1. The van der Waals surface area contributed by atoms with Gasteiger partial charge >= 0.3 is 0 Å². The van der Waals surface area contributed by atoms with Crippen molar-refractivity contribution in [3.63, 3.8) is 0 Å². The van der Waals surface area contributed by atoms with Crippen LogP contribution in [0.5, 0.6) is 0 Å². The molecule has 4 rings (SSSR count). The number of hydrogen-bond acceptors (Lipinski definition) is 3. The number of hydrogen-bond donors (Lipinski definition) is 1. The molecule has 5 nitrogen and oxygen atoms in total. The molecule has 3 aromatic rings. The fraction of sp³-hybridized carbons (Fsp3) is 0.273. The Kier molecular flexibility index (Phi) is 5.58. The lowest BCUT2D eigenvalue weighted by molar-refractivity contribution is -0.121. The van der Waals surface area contributed by atoms with Gasteiger partial charge < -0.3 is 14.8 Å². The molecule has 1 aliphatic heterocycles. The van der Waals surface area contributed by atoms with Gasteiger partial charge in [0.15, 0.2) is 0 Å². The van der Waals surface area contributed by atoms with Crippen LogP contribution in [0.25, 0.3) is 5.69 Å². The molecule has 3 heterocycles. The summed E-state index contributed by atoms with van der Waals surface area (Å²) in [5, 5.41) is 5.09. The van der Waals surface area contributed by atoms with Crippen molar-refractivity contribution in [2.24, 2.45) is 0 Å². The summed E-state index contributed by atoms with van der Waals surface area (Å²) in [6, 6.07) is 15.7. The summed E-state index contributed by atoms with van der Waals surface area (Å²) in [5.41, 5.74) is 1.74. The van der Waals surface area contributed by atoms with E-state index in [9.17, 15) is 9.59 Å². The van der Waals surface area contributed by atoms with Gasteiger partial charge in [0.25, 0.3) is 5.91 Å². The lowest BCUT2D eigenvalue weighted by Gasteiger charge is -2.32. The van der Waals surface area contributed by atoms with Crippen LogP contribution in [0, 0.1) is 0 Å². The van der Waals surface area contributed by atoms with Crippen LogP contribution in [0.2, 0.25) is 0 Å². The number of benzene rings is 1. The van der Waals surface area contributed by atoms with Crippen LogP contribution in [0.15, 0.2) is 66.3 Å². The molecule has 28 heavy (non-hydrogen) atoms. The molecule has 144 valence electrons. The van der Waals surface area contributed by atoms with Crippen LogP contribution in [-0.2, 0) is 11.2 Å². The predicted molar refractivity (Wildman–Crippen MR) is 111 cm³/mol. The number of nitrogens with zero attached hydrogens (tertiary/aromatic N) is 2. The first-order valence-electron chi connectivity index (χ1n) is 9.53. The number of amides is 2. The summed E-state index contributed by atoms with van der Waals surface area (Å²) in [4.78, 5) is 27.9. The van der Waals surface area contributed by atoms with E-state index >= 15 is 0 Å². The minimum Gasteiger partial charge on any atom is -0.353 e. The van der Waals surface area contributed by atoms with Gasteiger partial charge in [-0.1, -0.05) is 6.07 Å². The van der Waals surface area contributed by atoms with E-state index in [0.29, 0.717) is 25.1 Å². The second-order valence-corrected chi connectivity index (χ2v) is 8.06. The van der Waals surface area contributed by atoms with Gasteiger partial charge in [0.05, 0.1) is 6.42 Å². The van der Waals surface area contributed by atoms with Crippen LogP contribution in [0.4, 0.5) is 0 Å². The lowest BCUT2D eigenvalue weighted by atomic mass is 10.0. The van der Waals surface area contributed by atoms with Gasteiger partial charge in [-0.3, -0.25) is 9.59 Å². The number of aromatic nitrogens is 1. The first kappa shape index (κ1) is 18.5. The van der Waals surface area contributed by atoms with Crippen molar-refractivity contribution in [2.75, 3.05) is 13.1 Å². The quantitative estimate of drug-likeness (QED) is 0.721. The van der Waals surface area contributed by atoms with E-state index in [0.717, 1.165) is 23.4 Å². The zero-order valence-corrected chi connectivity index (χ0v) is 16.4. The van der Waals surface area contributed by atoms with Gasteiger partial charge in [0, 0.05) is 47.7 Å². The molecule has 6 heteroatoms. The van der Waals surface area contributed by atoms with Crippen molar-refractivity contribution < 1.29 is 9.59 Å². The molecular formula is C22H23N3O2S. The standard InChI is InChI=1S/C22H23N3O2S/c26-21(16-20-4-3-15-28-20)23-18-9-13-25(14-10-18)22(27)17-5-7-19(8-6-17)24-11-1-2-12-24/h1-8,11-12,15,18H,9-10,13-14,16H2,(H,23,26). The van der Waals surface area contributed by atoms with Gasteiger partial charge in [-0.15, -0.1) is 11.3 Å². The summed E-state index contributed by atoms with van der Waals surface area (Å²) in [6.07, 6.45) is 5.99. The zero-order chi connectivity index (χ0) is 19.3. The molecule has 0 atom stereocenters. The Morgan fingerprint density at radius 3 is 2.36 bits per heavy atom. The molecule has 0 radical (unpaired) electrons. The van der Waals surface area contributed by atoms with E-state index in [2.05, 4.69) is 5.32 Å². The smallest absolute Gasteiger partial charge is 0.253 e. The third-order valence-corrected chi connectivity index (χ3v) is 5.96. The Morgan fingerprint density at radius 1 is 1.00 bits per heavy atom. The molecule has 1 aliphatic rings. The van der Waals surface area contributed by atoms with Gasteiger partial charge in [-0.05, 0) is 60.7 Å². The number of thiophene rings is 1. The van der Waals surface area contributed by atoms with Crippen molar-refractivity contribution >= 4 is 23.2 Å². The molecule has 2 aromatic heterocycles. The second kappa shape index (κ2) is 8.44. The average Bonchev–Trinajstić information content (AvgIpc) is 3.42. The minimum absolute atomic E-state index is 0.0578. The summed E-state index contributed by atoms with van der Waals surface area (Å²) < 4.78 is 2.01. The molecule has 0 unspecified atom stereocenters. The maximum absolute atomic E-state index is 12.8. The Morgan fingerprint density at radius 2 is 1.71 bits per heavy atom. The summed E-state index contributed by atoms with van der Waals surface area (Å²) in [5.74, 6) is 0.121. The normalized spacial score (nSPS) is 14.8. The number of rotatable bonds is 5. The van der Waals surface area contributed by atoms with Crippen molar-refractivity contribution in [1.29, 1.82) is 0 Å². The fourth-order valence-electron chi connectivity index (χ4n) is 3.54. The second-order valence-electron chi connectivity index (χ2n) is 7.03. The predicted octanol–water partition coefficient (Wildman–Crippen LogP) is 3.50. The minimum atomic E-state index is 0.0578. The molecular weight excluding hydrogens is 370 g/mol. The number of nitrogens with one attached hydrogen (secondary N) is 1. The van der Waals surface area contributed by atoms with Crippen molar-refractivity contribution in [1.82, 2.24) is 14.8 Å². The van der Waals surface area contributed by atoms with Crippen molar-refractivity contribution in [2.45, 2.75) is 25.3 Å². The maximum Gasteiger partial charge on any atom is 0.253 e. The highest BCUT2D eigenvalue weighted by atomic mass is 32.1. The lowest BCUT2D eigenvalue weighted by Crippen LogP contribution is -2.46. The molecule has 1 saturated heterocycles. The van der Waals surface area contributed by atoms with Crippen LogP contribution < -0.4 is 5.32 Å². The number of piperidine rings is 1. The van der Waals surface area contributed by atoms with E-state index in [1.54, 1.807) is 11.3 Å². The van der Waals surface area contributed by atoms with Crippen molar-refractivity contribution in [3.8, 4) is 5.69 Å². The molecule has 1 aromatic carbocycles. The highest BCUT2D eigenvalue weighted by molar-refractivity contribution is 7.10. The van der Waals surface area contributed by atoms with Crippen LogP contribution >= 0.6 is 11.3 Å². The molecule has 1 fully saturated rings. The first-order valence-corrected chi connectivity index (χ1v) is 10.4. The molecule has 0 bridgehead atoms. The van der Waals surface area contributed by atoms with E-state index in [1.807, 2.05) is 75.8 Å². The Labute approximate surface area is 168 Å². The average molecular weight is 394 g/mol. The Balaban J connectivity index is 1.28. The van der Waals surface area contributed by atoms with Crippen LogP contribution in [-0.4, -0.2) is 40.4 Å². The number of carbonyl (C=O) groups excluding carboxylic acids is 2. The molecule has 0 saturated carbocycles. The fourth-order valence-corrected chi connectivity index (χ4v) is 4.25. The van der Waals surface area contributed by atoms with E-state index in [-0.39, 0.29) is 17.9 Å². The van der Waals surface area contributed by atoms with Crippen molar-refractivity contribution in [3.05, 3.63) is 76.7 Å². The van der Waals surface area contributed by atoms with E-state index in [1.165, 1.54) is 0 Å². The maximum atomic E-state index is 12.8. The van der Waals surface area contributed by atoms with E-state index in [4.69, 9.17) is 0 Å². The third-order valence-electron chi connectivity index (χ3n) is 5.08. The zero-order valence-electron chi connectivity index (χ0n) is 15.6. The highest BCUT2D eigenvalue weighted by Crippen LogP contribution is 2.17. The van der Waals surface area contributed by atoms with E-state index < -0.39 is 0 Å². The Hall–Kier alpha value is -2.86. The van der Waals surface area contributed by atoms with Crippen LogP contribution in [0.1, 0.15) is 28.1 Å². The number of carbonyl (C=O) groups is 2. The summed E-state index contributed by atoms with van der Waals surface area (Å²) in [6.45, 7) is 1.34. The first-order chi connectivity index (χ1) is 13.7. The van der Waals surface area contributed by atoms with Crippen LogP contribution in [0.3, 0.4) is 0 Å². The van der Waals surface area contributed by atoms with Gasteiger partial charge in [-0.25, -0.2) is 0 Å². The molecule has 1 N–H and O–H groups in total. The monoisotopic (exact) mass is 393 g/mol. The van der Waals surface area contributed by atoms with Gasteiger partial charge in [0.1, 0.15) is 0 Å². The Bertz CT molecular complexity index is 909. The molecule has 0 spiro atoms. The molecule has 0 aliphatic carbocycles. The third kappa shape index (κ3) is 4.34. The SMILES string of the molecule is O=C(Cc1cccs1)NC1CCN(C(=O)c2ccc(-n3cccc3)cc2)CC1. The summed E-state index contributed by atoms with van der Waals surface area (Å²) >= 11 is 1.60. The largest absolute Gasteiger partial charge is 0.353 e.